The molecule has 3 aromatic rings. The zero-order chi connectivity index (χ0) is 13.1. The van der Waals surface area contributed by atoms with Gasteiger partial charge in [-0.3, -0.25) is 9.78 Å². The van der Waals surface area contributed by atoms with Crippen molar-refractivity contribution in [3.8, 4) is 11.5 Å². The summed E-state index contributed by atoms with van der Waals surface area (Å²) in [5.41, 5.74) is 2.03. The highest BCUT2D eigenvalue weighted by atomic mass is 16.3. The van der Waals surface area contributed by atoms with E-state index in [-0.39, 0.29) is 5.78 Å². The van der Waals surface area contributed by atoms with E-state index < -0.39 is 0 Å². The van der Waals surface area contributed by atoms with Gasteiger partial charge in [0, 0.05) is 29.1 Å². The lowest BCUT2D eigenvalue weighted by atomic mass is 10.0. The summed E-state index contributed by atoms with van der Waals surface area (Å²) in [6.07, 6.45) is 6.31. The van der Waals surface area contributed by atoms with Crippen LogP contribution < -0.4 is 0 Å². The smallest absolute Gasteiger partial charge is 0.225 e. The van der Waals surface area contributed by atoms with Crippen molar-refractivity contribution in [2.24, 2.45) is 0 Å². The van der Waals surface area contributed by atoms with Gasteiger partial charge in [0.15, 0.2) is 5.78 Å². The third kappa shape index (κ3) is 2.28. The van der Waals surface area contributed by atoms with Crippen LogP contribution in [0.1, 0.15) is 15.9 Å². The summed E-state index contributed by atoms with van der Waals surface area (Å²) in [6.45, 7) is 0. The van der Waals surface area contributed by atoms with Crippen molar-refractivity contribution >= 4 is 5.78 Å². The molecule has 92 valence electrons. The minimum Gasteiger partial charge on any atom is -0.445 e. The summed E-state index contributed by atoms with van der Waals surface area (Å²) in [5.74, 6) is 0.493. The maximum atomic E-state index is 12.2. The van der Waals surface area contributed by atoms with E-state index in [1.54, 1.807) is 42.9 Å². The quantitative estimate of drug-likeness (QED) is 0.670. The Kier molecular flexibility index (Phi) is 2.90. The van der Waals surface area contributed by atoms with Crippen molar-refractivity contribution in [2.45, 2.75) is 0 Å². The van der Waals surface area contributed by atoms with Crippen molar-refractivity contribution in [2.75, 3.05) is 0 Å². The molecule has 0 unspecified atom stereocenters. The molecule has 0 amide bonds. The molecule has 0 fully saturated rings. The van der Waals surface area contributed by atoms with Crippen LogP contribution in [0.3, 0.4) is 0 Å². The number of hydrogen-bond donors (Lipinski definition) is 0. The number of oxazole rings is 1. The van der Waals surface area contributed by atoms with Crippen molar-refractivity contribution in [1.82, 2.24) is 9.97 Å². The summed E-state index contributed by atoms with van der Waals surface area (Å²) < 4.78 is 5.20. The first kappa shape index (κ1) is 11.3. The van der Waals surface area contributed by atoms with Gasteiger partial charge in [-0.05, 0) is 24.3 Å². The van der Waals surface area contributed by atoms with Gasteiger partial charge in [0.05, 0.1) is 6.20 Å². The molecule has 4 nitrogen and oxygen atoms in total. The van der Waals surface area contributed by atoms with Crippen molar-refractivity contribution in [3.63, 3.8) is 0 Å². The Balaban J connectivity index is 1.89. The molecule has 19 heavy (non-hydrogen) atoms. The second-order valence-corrected chi connectivity index (χ2v) is 3.99. The summed E-state index contributed by atoms with van der Waals surface area (Å²) in [7, 11) is 0. The number of rotatable bonds is 3. The highest BCUT2D eigenvalue weighted by Gasteiger charge is 2.09. The SMILES string of the molecule is O=C(c1ccc(-c2ncco2)cc1)c1cccnc1. The lowest BCUT2D eigenvalue weighted by Gasteiger charge is -2.01. The fourth-order valence-electron chi connectivity index (χ4n) is 1.79. The highest BCUT2D eigenvalue weighted by molar-refractivity contribution is 6.08. The molecule has 0 spiro atoms. The second-order valence-electron chi connectivity index (χ2n) is 3.99. The van der Waals surface area contributed by atoms with Gasteiger partial charge in [-0.1, -0.05) is 12.1 Å². The molecule has 0 aliphatic heterocycles. The van der Waals surface area contributed by atoms with E-state index >= 15 is 0 Å². The van der Waals surface area contributed by atoms with E-state index in [0.717, 1.165) is 5.56 Å². The van der Waals surface area contributed by atoms with Crippen LogP contribution in [-0.4, -0.2) is 15.8 Å². The number of carbonyl (C=O) groups is 1. The topological polar surface area (TPSA) is 56.0 Å². The van der Waals surface area contributed by atoms with Crippen LogP contribution in [0.4, 0.5) is 0 Å². The molecule has 0 radical (unpaired) electrons. The fourth-order valence-corrected chi connectivity index (χ4v) is 1.79. The number of carbonyl (C=O) groups excluding carboxylic acids is 1. The van der Waals surface area contributed by atoms with Gasteiger partial charge in [-0.25, -0.2) is 4.98 Å². The molecule has 0 aliphatic carbocycles. The predicted octanol–water partition coefficient (Wildman–Crippen LogP) is 2.97. The monoisotopic (exact) mass is 250 g/mol. The van der Waals surface area contributed by atoms with Gasteiger partial charge in [0.2, 0.25) is 5.89 Å². The highest BCUT2D eigenvalue weighted by Crippen LogP contribution is 2.18. The van der Waals surface area contributed by atoms with Gasteiger partial charge >= 0.3 is 0 Å². The number of ketones is 1. The molecule has 3 rings (SSSR count). The van der Waals surface area contributed by atoms with Gasteiger partial charge in [0.25, 0.3) is 0 Å². The van der Waals surface area contributed by atoms with Crippen LogP contribution in [0.25, 0.3) is 11.5 Å². The van der Waals surface area contributed by atoms with E-state index in [1.807, 2.05) is 12.1 Å². The summed E-state index contributed by atoms with van der Waals surface area (Å²) in [6, 6.07) is 10.6. The summed E-state index contributed by atoms with van der Waals surface area (Å²) >= 11 is 0. The third-order valence-electron chi connectivity index (χ3n) is 2.75. The molecular formula is C15H10N2O2. The first-order valence-corrected chi connectivity index (χ1v) is 5.79. The van der Waals surface area contributed by atoms with Crippen LogP contribution >= 0.6 is 0 Å². The molecule has 0 N–H and O–H groups in total. The van der Waals surface area contributed by atoms with Gasteiger partial charge in [-0.15, -0.1) is 0 Å². The number of nitrogens with zero attached hydrogens (tertiary/aromatic N) is 2. The maximum absolute atomic E-state index is 12.2. The Hall–Kier alpha value is -2.75. The molecule has 0 bridgehead atoms. The number of aromatic nitrogens is 2. The van der Waals surface area contributed by atoms with Crippen LogP contribution in [0, 0.1) is 0 Å². The standard InChI is InChI=1S/C15H10N2O2/c18-14(13-2-1-7-16-10-13)11-3-5-12(6-4-11)15-17-8-9-19-15/h1-10H. The van der Waals surface area contributed by atoms with E-state index in [2.05, 4.69) is 9.97 Å². The Bertz CT molecular complexity index is 674. The first-order chi connectivity index (χ1) is 9.34. The molecule has 0 atom stereocenters. The zero-order valence-electron chi connectivity index (χ0n) is 9.98. The van der Waals surface area contributed by atoms with Gasteiger partial charge < -0.3 is 4.42 Å². The normalized spacial score (nSPS) is 10.3. The third-order valence-corrected chi connectivity index (χ3v) is 2.75. The van der Waals surface area contributed by atoms with Crippen molar-refractivity contribution in [1.29, 1.82) is 0 Å². The van der Waals surface area contributed by atoms with Crippen LogP contribution in [0.2, 0.25) is 0 Å². The Morgan fingerprint density at radius 1 is 1.00 bits per heavy atom. The van der Waals surface area contributed by atoms with Crippen LogP contribution in [0.5, 0.6) is 0 Å². The van der Waals surface area contributed by atoms with Crippen LogP contribution in [0.15, 0.2) is 65.7 Å². The maximum Gasteiger partial charge on any atom is 0.225 e. The molecule has 4 heteroatoms. The van der Waals surface area contributed by atoms with Crippen molar-refractivity contribution in [3.05, 3.63) is 72.4 Å². The zero-order valence-corrected chi connectivity index (χ0v) is 9.98. The number of benzene rings is 1. The largest absolute Gasteiger partial charge is 0.445 e. The molecule has 1 aromatic carbocycles. The lowest BCUT2D eigenvalue weighted by molar-refractivity contribution is 0.103. The molecular weight excluding hydrogens is 240 g/mol. The minimum absolute atomic E-state index is 0.0490. The summed E-state index contributed by atoms with van der Waals surface area (Å²) in [4.78, 5) is 20.2. The Morgan fingerprint density at radius 3 is 2.47 bits per heavy atom. The Labute approximate surface area is 109 Å². The number of pyridine rings is 1. The van der Waals surface area contributed by atoms with Gasteiger partial charge in [-0.2, -0.15) is 0 Å². The predicted molar refractivity (Wildman–Crippen MR) is 69.6 cm³/mol. The number of hydrogen-bond acceptors (Lipinski definition) is 4. The molecule has 0 saturated heterocycles. The van der Waals surface area contributed by atoms with E-state index in [0.29, 0.717) is 17.0 Å². The van der Waals surface area contributed by atoms with E-state index in [4.69, 9.17) is 4.42 Å². The second kappa shape index (κ2) is 4.86. The van der Waals surface area contributed by atoms with Gasteiger partial charge in [0.1, 0.15) is 6.26 Å². The Morgan fingerprint density at radius 2 is 1.84 bits per heavy atom. The first-order valence-electron chi connectivity index (χ1n) is 5.79. The fraction of sp³-hybridized carbons (Fsp3) is 0. The minimum atomic E-state index is -0.0490. The lowest BCUT2D eigenvalue weighted by Crippen LogP contribution is -2.01. The molecule has 2 heterocycles. The molecule has 0 saturated carbocycles. The van der Waals surface area contributed by atoms with Crippen molar-refractivity contribution < 1.29 is 9.21 Å². The average Bonchev–Trinajstić information content (AvgIpc) is 3.02. The van der Waals surface area contributed by atoms with E-state index in [1.165, 1.54) is 6.26 Å². The summed E-state index contributed by atoms with van der Waals surface area (Å²) in [5, 5.41) is 0. The van der Waals surface area contributed by atoms with Crippen LogP contribution in [-0.2, 0) is 0 Å². The average molecular weight is 250 g/mol. The van der Waals surface area contributed by atoms with E-state index in [9.17, 15) is 4.79 Å². The molecule has 2 aromatic heterocycles. The molecule has 0 aliphatic rings.